The summed E-state index contributed by atoms with van der Waals surface area (Å²) in [7, 11) is -2.78. The van der Waals surface area contributed by atoms with Gasteiger partial charge in [0.25, 0.3) is 0 Å². The van der Waals surface area contributed by atoms with Crippen LogP contribution in [0.15, 0.2) is 53.4 Å². The summed E-state index contributed by atoms with van der Waals surface area (Å²) >= 11 is 1.26. The molecule has 2 fully saturated rings. The Morgan fingerprint density at radius 2 is 1.63 bits per heavy atom. The van der Waals surface area contributed by atoms with Gasteiger partial charge in [-0.1, -0.05) is 29.8 Å². The maximum absolute atomic E-state index is 13.5. The van der Waals surface area contributed by atoms with Gasteiger partial charge in [-0.05, 0) is 57.5 Å². The molecule has 12 nitrogen and oxygen atoms in total. The van der Waals surface area contributed by atoms with E-state index >= 15 is 0 Å². The lowest BCUT2D eigenvalue weighted by atomic mass is 9.95. The highest BCUT2D eigenvalue weighted by molar-refractivity contribution is 8.01. The minimum Gasteiger partial charge on any atom is -0.508 e. The van der Waals surface area contributed by atoms with Crippen LogP contribution in [0, 0.1) is 6.92 Å². The first-order valence-corrected chi connectivity index (χ1v) is 15.1. The minimum absolute atomic E-state index is 0.00257. The standard InChI is InChI=1S/C27H32N4O8S2/c1-14-6-12-18(13-7-14)41(38,39)30(5)15(2)22(33)28-19(16-8-10-17(32)11-9-16)23(34)29-20-24(35)31-21(26(36)37)27(3,4)40-25(20)31/h6-13,15,19-21,25,32H,1-5H3,(H,28,33)(H,29,34)(H,36,37)/t15?,19?,20?,21-,25+/m0/s1. The van der Waals surface area contributed by atoms with Crippen LogP contribution in [-0.4, -0.2) is 86.8 Å². The predicted octanol–water partition coefficient (Wildman–Crippen LogP) is 1.20. The molecule has 0 radical (unpaired) electrons. The summed E-state index contributed by atoms with van der Waals surface area (Å²) in [6.45, 7) is 6.62. The number of nitrogens with zero attached hydrogens (tertiary/aromatic N) is 2. The number of rotatable bonds is 9. The molecule has 4 N–H and O–H groups in total. The molecule has 2 saturated heterocycles. The number of hydrogen-bond acceptors (Lipinski definition) is 8. The van der Waals surface area contributed by atoms with E-state index in [0.29, 0.717) is 0 Å². The third-order valence-electron chi connectivity index (χ3n) is 7.37. The molecule has 41 heavy (non-hydrogen) atoms. The largest absolute Gasteiger partial charge is 0.508 e. The van der Waals surface area contributed by atoms with Gasteiger partial charge in [0.2, 0.25) is 27.7 Å². The van der Waals surface area contributed by atoms with Gasteiger partial charge in [0, 0.05) is 11.8 Å². The second-order valence-corrected chi connectivity index (χ2v) is 14.4. The van der Waals surface area contributed by atoms with Crippen molar-refractivity contribution in [2.24, 2.45) is 0 Å². The molecule has 0 saturated carbocycles. The molecule has 220 valence electrons. The minimum atomic E-state index is -4.04. The Hall–Kier alpha value is -3.62. The average Bonchev–Trinajstić information content (AvgIpc) is 3.17. The van der Waals surface area contributed by atoms with Crippen molar-refractivity contribution in [1.82, 2.24) is 19.8 Å². The lowest BCUT2D eigenvalue weighted by Crippen LogP contribution is -2.71. The molecule has 0 aromatic heterocycles. The second-order valence-electron chi connectivity index (χ2n) is 10.6. The third-order valence-corrected chi connectivity index (χ3v) is 10.9. The number of carbonyl (C=O) groups excluding carboxylic acids is 3. The summed E-state index contributed by atoms with van der Waals surface area (Å²) < 4.78 is 26.4. The number of hydrogen-bond donors (Lipinski definition) is 4. The maximum Gasteiger partial charge on any atom is 0.327 e. The monoisotopic (exact) mass is 604 g/mol. The number of amides is 3. The van der Waals surface area contributed by atoms with Gasteiger partial charge >= 0.3 is 5.97 Å². The van der Waals surface area contributed by atoms with E-state index in [1.165, 1.54) is 67.0 Å². The fourth-order valence-electron chi connectivity index (χ4n) is 4.86. The normalized spacial score (nSPS) is 22.8. The Morgan fingerprint density at radius 3 is 2.20 bits per heavy atom. The zero-order chi connectivity index (χ0) is 30.4. The summed E-state index contributed by atoms with van der Waals surface area (Å²) in [5.74, 6) is -3.31. The van der Waals surface area contributed by atoms with E-state index in [-0.39, 0.29) is 16.2 Å². The highest BCUT2D eigenvalue weighted by atomic mass is 32.2. The van der Waals surface area contributed by atoms with E-state index in [4.69, 9.17) is 0 Å². The molecule has 0 aliphatic carbocycles. The number of carbonyl (C=O) groups is 4. The van der Waals surface area contributed by atoms with Crippen molar-refractivity contribution < 1.29 is 37.8 Å². The fourth-order valence-corrected chi connectivity index (χ4v) is 7.81. The number of aryl methyl sites for hydroxylation is 1. The molecule has 14 heteroatoms. The highest BCUT2D eigenvalue weighted by Gasteiger charge is 2.64. The number of nitrogens with one attached hydrogen (secondary N) is 2. The lowest BCUT2D eigenvalue weighted by Gasteiger charge is -2.44. The molecule has 0 spiro atoms. The van der Waals surface area contributed by atoms with E-state index in [0.717, 1.165) is 9.87 Å². The van der Waals surface area contributed by atoms with Crippen LogP contribution >= 0.6 is 11.8 Å². The van der Waals surface area contributed by atoms with Crippen LogP contribution in [-0.2, 0) is 29.2 Å². The van der Waals surface area contributed by atoms with Gasteiger partial charge in [-0.25, -0.2) is 13.2 Å². The number of fused-ring (bicyclic) bond motifs is 1. The van der Waals surface area contributed by atoms with Gasteiger partial charge in [-0.2, -0.15) is 4.31 Å². The quantitative estimate of drug-likeness (QED) is 0.307. The lowest BCUT2D eigenvalue weighted by molar-refractivity contribution is -0.161. The first kappa shape index (κ1) is 30.3. The van der Waals surface area contributed by atoms with Crippen LogP contribution in [0.25, 0.3) is 0 Å². The van der Waals surface area contributed by atoms with Crippen LogP contribution in [0.5, 0.6) is 5.75 Å². The molecule has 2 aromatic rings. The van der Waals surface area contributed by atoms with Crippen molar-refractivity contribution >= 4 is 45.5 Å². The molecule has 0 bridgehead atoms. The Bertz CT molecular complexity index is 1480. The van der Waals surface area contributed by atoms with E-state index in [2.05, 4.69) is 10.6 Å². The Kier molecular flexibility index (Phi) is 8.13. The number of phenols is 1. The number of thioether (sulfide) groups is 1. The SMILES string of the molecule is Cc1ccc(S(=O)(=O)N(C)C(C)C(=O)NC(C(=O)NC2C(=O)N3[C@@H]2SC(C)(C)[C@@H]3C(=O)O)c2ccc(O)cc2)cc1. The summed E-state index contributed by atoms with van der Waals surface area (Å²) in [5.41, 5.74) is 1.14. The maximum atomic E-state index is 13.5. The fraction of sp³-hybridized carbons (Fsp3) is 0.407. The first-order chi connectivity index (χ1) is 19.1. The summed E-state index contributed by atoms with van der Waals surface area (Å²) in [6.07, 6.45) is 0. The van der Waals surface area contributed by atoms with Crippen molar-refractivity contribution in [2.45, 2.75) is 66.9 Å². The van der Waals surface area contributed by atoms with Crippen molar-refractivity contribution in [1.29, 1.82) is 0 Å². The van der Waals surface area contributed by atoms with E-state index < -0.39 is 68.0 Å². The van der Waals surface area contributed by atoms with Crippen molar-refractivity contribution in [3.63, 3.8) is 0 Å². The van der Waals surface area contributed by atoms with Crippen LogP contribution in [0.1, 0.15) is 37.9 Å². The Balaban J connectivity index is 1.54. The zero-order valence-electron chi connectivity index (χ0n) is 23.1. The van der Waals surface area contributed by atoms with Crippen molar-refractivity contribution in [3.05, 3.63) is 59.7 Å². The van der Waals surface area contributed by atoms with E-state index in [1.807, 2.05) is 6.92 Å². The number of β-lactam (4-membered cyclic amide) rings is 1. The van der Waals surface area contributed by atoms with Crippen LogP contribution in [0.4, 0.5) is 0 Å². The molecule has 5 atom stereocenters. The number of carboxylic acid groups (broad SMARTS) is 1. The molecule has 4 rings (SSSR count). The second kappa shape index (κ2) is 11.0. The smallest absolute Gasteiger partial charge is 0.327 e. The number of sulfonamides is 1. The molecule has 2 aromatic carbocycles. The van der Waals surface area contributed by atoms with Gasteiger partial charge < -0.3 is 25.7 Å². The van der Waals surface area contributed by atoms with Gasteiger partial charge in [0.1, 0.15) is 35.3 Å². The van der Waals surface area contributed by atoms with Crippen LogP contribution < -0.4 is 10.6 Å². The first-order valence-electron chi connectivity index (χ1n) is 12.7. The Morgan fingerprint density at radius 1 is 1.05 bits per heavy atom. The van der Waals surface area contributed by atoms with Gasteiger partial charge in [0.15, 0.2) is 0 Å². The Labute approximate surface area is 242 Å². The van der Waals surface area contributed by atoms with Gasteiger partial charge in [-0.3, -0.25) is 14.4 Å². The van der Waals surface area contributed by atoms with E-state index in [9.17, 15) is 37.8 Å². The summed E-state index contributed by atoms with van der Waals surface area (Å²) in [4.78, 5) is 52.8. The number of aliphatic carboxylic acids is 1. The number of aromatic hydroxyl groups is 1. The molecule has 3 amide bonds. The molecular formula is C27H32N4O8S2. The molecule has 2 aliphatic heterocycles. The number of likely N-dealkylation sites (N-methyl/N-ethyl adjacent to an activating group) is 1. The van der Waals surface area contributed by atoms with E-state index in [1.54, 1.807) is 26.0 Å². The number of carboxylic acids is 1. The van der Waals surface area contributed by atoms with Crippen molar-refractivity contribution in [2.75, 3.05) is 7.05 Å². The molecule has 3 unspecified atom stereocenters. The highest BCUT2D eigenvalue weighted by Crippen LogP contribution is 2.50. The third kappa shape index (κ3) is 5.63. The van der Waals surface area contributed by atoms with Crippen LogP contribution in [0.2, 0.25) is 0 Å². The van der Waals surface area contributed by atoms with Crippen LogP contribution in [0.3, 0.4) is 0 Å². The number of benzene rings is 2. The van der Waals surface area contributed by atoms with Gasteiger partial charge in [0.05, 0.1) is 4.90 Å². The molecule has 2 heterocycles. The summed E-state index contributed by atoms with van der Waals surface area (Å²) in [5, 5.41) is 24.0. The number of phenolic OH excluding ortho intramolecular Hbond substituents is 1. The summed E-state index contributed by atoms with van der Waals surface area (Å²) in [6, 6.07) is 6.99. The molecular weight excluding hydrogens is 572 g/mol. The van der Waals surface area contributed by atoms with Gasteiger partial charge in [-0.15, -0.1) is 11.8 Å². The molecule has 2 aliphatic rings. The topological polar surface area (TPSA) is 173 Å². The average molecular weight is 605 g/mol. The predicted molar refractivity (Wildman–Crippen MR) is 150 cm³/mol. The van der Waals surface area contributed by atoms with Crippen molar-refractivity contribution in [3.8, 4) is 5.75 Å². The zero-order valence-corrected chi connectivity index (χ0v) is 24.7.